The van der Waals surface area contributed by atoms with E-state index in [9.17, 15) is 0 Å². The molecule has 0 N–H and O–H groups in total. The Morgan fingerprint density at radius 1 is 0.302 bits per heavy atom. The fourth-order valence-electron chi connectivity index (χ4n) is 6.40. The van der Waals surface area contributed by atoms with Gasteiger partial charge in [0.25, 0.3) is 30.0 Å². The van der Waals surface area contributed by atoms with Gasteiger partial charge in [-0.05, 0) is 131 Å². The molecule has 0 amide bonds. The predicted molar refractivity (Wildman–Crippen MR) is 243 cm³/mol. The third-order valence-corrected chi connectivity index (χ3v) is 50.8. The van der Waals surface area contributed by atoms with Crippen LogP contribution in [0.3, 0.4) is 0 Å². The molecule has 0 aliphatic rings. The molecule has 0 bridgehead atoms. The highest BCUT2D eigenvalue weighted by atomic mass is 28.5. The van der Waals surface area contributed by atoms with Crippen LogP contribution in [0, 0.1) is 0 Å². The van der Waals surface area contributed by atoms with Crippen molar-refractivity contribution < 1.29 is 66.8 Å². The molecule has 0 aromatic heterocycles. The molecule has 30 heteroatoms. The standard InChI is InChI=1S/C23H76O16Si14/c1-24-40-27-53(28-41-25-2,29-42-26-3)39-52(22,23)38-51(20,21)37-50(18,19)36-49(16,17)35-48(14,15)34-47(12,13)33-46(10,11)32-45(8,9)31-44(6,7)30-43(4)5/h43H,40-42H2,1-23H3. The fourth-order valence-corrected chi connectivity index (χ4v) is 64.9. The number of hydrogen-bond donors (Lipinski definition) is 0. The molecule has 0 saturated heterocycles. The Balaban J connectivity index is 5.72. The first kappa shape index (κ1) is 55.4. The minimum atomic E-state index is -3.63. The van der Waals surface area contributed by atoms with Crippen LogP contribution in [0.1, 0.15) is 0 Å². The van der Waals surface area contributed by atoms with E-state index in [2.05, 4.69) is 52.4 Å². The quantitative estimate of drug-likeness (QED) is 0.0999. The molecular weight excluding hydrogens is 925 g/mol. The van der Waals surface area contributed by atoms with Crippen molar-refractivity contribution in [1.29, 1.82) is 0 Å². The van der Waals surface area contributed by atoms with Crippen molar-refractivity contribution in [2.75, 3.05) is 21.3 Å². The van der Waals surface area contributed by atoms with Crippen molar-refractivity contribution in [3.63, 3.8) is 0 Å². The maximum Gasteiger partial charge on any atom is 0.642 e. The van der Waals surface area contributed by atoms with Crippen LogP contribution in [-0.2, 0) is 66.8 Å². The first-order chi connectivity index (χ1) is 23.5. The van der Waals surface area contributed by atoms with Gasteiger partial charge in [0.1, 0.15) is 0 Å². The molecule has 0 heterocycles. The minimum absolute atomic E-state index is 1.24. The third-order valence-electron chi connectivity index (χ3n) is 5.88. The van der Waals surface area contributed by atoms with Gasteiger partial charge in [0, 0.05) is 21.3 Å². The van der Waals surface area contributed by atoms with Crippen molar-refractivity contribution in [3.05, 3.63) is 0 Å². The predicted octanol–water partition coefficient (Wildman–Crippen LogP) is 3.87. The molecule has 0 aromatic carbocycles. The zero-order valence-electron chi connectivity index (χ0n) is 37.2. The maximum absolute atomic E-state index is 6.79. The second kappa shape index (κ2) is 21.8. The molecule has 0 atom stereocenters. The molecule has 0 spiro atoms. The van der Waals surface area contributed by atoms with Crippen LogP contribution in [0.2, 0.25) is 131 Å². The summed E-state index contributed by atoms with van der Waals surface area (Å²) >= 11 is 0. The molecule has 0 rings (SSSR count). The average molecular weight is 1000 g/mol. The summed E-state index contributed by atoms with van der Waals surface area (Å²) in [5.74, 6) is 0. The Labute approximate surface area is 342 Å². The van der Waals surface area contributed by atoms with E-state index in [1.165, 1.54) is 0 Å². The number of hydrogen-bond acceptors (Lipinski definition) is 16. The smallest absolute Gasteiger partial charge is 0.440 e. The van der Waals surface area contributed by atoms with Gasteiger partial charge < -0.3 is 66.8 Å². The van der Waals surface area contributed by atoms with Gasteiger partial charge in [-0.2, -0.15) is 0 Å². The molecule has 0 radical (unpaired) electrons. The fraction of sp³-hybridized carbons (Fsp3) is 1.00. The molecule has 16 nitrogen and oxygen atoms in total. The summed E-state index contributed by atoms with van der Waals surface area (Å²) in [5, 5.41) is 0. The zero-order valence-corrected chi connectivity index (χ0v) is 52.6. The molecule has 0 unspecified atom stereocenters. The molecule has 0 fully saturated rings. The Bertz CT molecular complexity index is 1060. The third kappa shape index (κ3) is 25.6. The van der Waals surface area contributed by atoms with Crippen molar-refractivity contribution in [2.24, 2.45) is 0 Å². The van der Waals surface area contributed by atoms with Gasteiger partial charge in [-0.15, -0.1) is 0 Å². The van der Waals surface area contributed by atoms with E-state index in [-0.39, 0.29) is 0 Å². The highest BCUT2D eigenvalue weighted by Crippen LogP contribution is 2.31. The summed E-state index contributed by atoms with van der Waals surface area (Å²) in [6.45, 7) is 40.8. The summed E-state index contributed by atoms with van der Waals surface area (Å²) in [6.07, 6.45) is 0. The highest BCUT2D eigenvalue weighted by molar-refractivity contribution is 6.93. The van der Waals surface area contributed by atoms with E-state index >= 15 is 0 Å². The topological polar surface area (TPSA) is 148 Å². The zero-order chi connectivity index (χ0) is 42.0. The van der Waals surface area contributed by atoms with E-state index in [4.69, 9.17) is 66.8 Å². The summed E-state index contributed by atoms with van der Waals surface area (Å²) in [4.78, 5) is 0. The van der Waals surface area contributed by atoms with Gasteiger partial charge in [-0.1, -0.05) is 0 Å². The van der Waals surface area contributed by atoms with Crippen LogP contribution in [-0.4, -0.2) is 146 Å². The van der Waals surface area contributed by atoms with Crippen molar-refractivity contribution >= 4 is 125 Å². The molecule has 0 aromatic rings. The Kier molecular flexibility index (Phi) is 22.8. The number of rotatable bonds is 29. The van der Waals surface area contributed by atoms with Gasteiger partial charge in [-0.25, -0.2) is 0 Å². The maximum atomic E-state index is 6.79. The lowest BCUT2D eigenvalue weighted by atomic mass is 11.8. The van der Waals surface area contributed by atoms with Crippen LogP contribution in [0.5, 0.6) is 0 Å². The van der Waals surface area contributed by atoms with Crippen molar-refractivity contribution in [1.82, 2.24) is 0 Å². The van der Waals surface area contributed by atoms with Crippen LogP contribution < -0.4 is 0 Å². The Morgan fingerprint density at radius 2 is 0.491 bits per heavy atom. The Morgan fingerprint density at radius 3 is 0.679 bits per heavy atom. The van der Waals surface area contributed by atoms with Crippen LogP contribution in [0.15, 0.2) is 0 Å². The lowest BCUT2D eigenvalue weighted by Gasteiger charge is -2.44. The first-order valence-corrected chi connectivity index (χ1v) is 51.1. The van der Waals surface area contributed by atoms with Gasteiger partial charge in [0.2, 0.25) is 0 Å². The molecule has 0 aliphatic heterocycles. The van der Waals surface area contributed by atoms with E-state index in [0.29, 0.717) is 0 Å². The lowest BCUT2D eigenvalue weighted by molar-refractivity contribution is 0.116. The van der Waals surface area contributed by atoms with Gasteiger partial charge in [0.15, 0.2) is 9.04 Å². The summed E-state index contributed by atoms with van der Waals surface area (Å²) in [7, 11) is -28.8. The Hall–Kier alpha value is 2.40. The van der Waals surface area contributed by atoms with Crippen LogP contribution >= 0.6 is 0 Å². The van der Waals surface area contributed by atoms with E-state index < -0.39 is 125 Å². The van der Waals surface area contributed by atoms with Crippen LogP contribution in [0.25, 0.3) is 0 Å². The first-order valence-electron chi connectivity index (χ1n) is 17.8. The SMILES string of the molecule is CO[SiH2]O[Si](O[SiH2]OC)(O[SiH2]OC)O[Si](C)(C)O[Si](C)(C)O[Si](C)(C)O[Si](C)(C)O[Si](C)(C)O[Si](C)(C)O[Si](C)(C)O[Si](C)(C)O[Si](C)(C)O[SiH](C)C. The van der Waals surface area contributed by atoms with Gasteiger partial charge in [0.05, 0.1) is 0 Å². The normalized spacial score (nSPS) is 16.8. The lowest BCUT2D eigenvalue weighted by Crippen LogP contribution is -2.63. The summed E-state index contributed by atoms with van der Waals surface area (Å²) in [6, 6.07) is 0. The summed E-state index contributed by atoms with van der Waals surface area (Å²) in [5.41, 5.74) is 0. The second-order valence-corrected chi connectivity index (χ2v) is 59.3. The molecule has 320 valence electrons. The average Bonchev–Trinajstić information content (AvgIpc) is 2.82. The second-order valence-electron chi connectivity index (χ2n) is 16.8. The van der Waals surface area contributed by atoms with E-state index in [1.54, 1.807) is 21.3 Å². The van der Waals surface area contributed by atoms with E-state index in [1.807, 2.05) is 78.6 Å². The van der Waals surface area contributed by atoms with Crippen LogP contribution in [0.4, 0.5) is 0 Å². The molecule has 53 heavy (non-hydrogen) atoms. The molecule has 0 saturated carbocycles. The monoisotopic (exact) mass is 1000 g/mol. The summed E-state index contributed by atoms with van der Waals surface area (Å²) < 4.78 is 101. The minimum Gasteiger partial charge on any atom is -0.440 e. The highest BCUT2D eigenvalue weighted by Gasteiger charge is 2.54. The largest absolute Gasteiger partial charge is 0.642 e. The van der Waals surface area contributed by atoms with Gasteiger partial charge in [-0.3, -0.25) is 0 Å². The molecule has 0 aliphatic carbocycles. The van der Waals surface area contributed by atoms with Crippen molar-refractivity contribution in [2.45, 2.75) is 131 Å². The van der Waals surface area contributed by atoms with Gasteiger partial charge >= 0.3 is 86.1 Å². The van der Waals surface area contributed by atoms with E-state index in [0.717, 1.165) is 0 Å². The van der Waals surface area contributed by atoms with Crippen molar-refractivity contribution in [3.8, 4) is 0 Å². The molecular formula is C23H76O16Si14.